The van der Waals surface area contributed by atoms with Crippen LogP contribution in [0.3, 0.4) is 0 Å². The molecule has 0 aliphatic carbocycles. The van der Waals surface area contributed by atoms with Gasteiger partial charge in [-0.2, -0.15) is 0 Å². The average molecular weight is 330 g/mol. The van der Waals surface area contributed by atoms with Gasteiger partial charge in [-0.25, -0.2) is 0 Å². The second kappa shape index (κ2) is 7.57. The molecule has 1 rings (SSSR count). The maximum atomic E-state index is 10.8. The molecular formula is C13H20BrN3O2. The molecule has 1 aromatic rings. The summed E-state index contributed by atoms with van der Waals surface area (Å²) < 4.78 is 0.560. The molecule has 0 heterocycles. The first kappa shape index (κ1) is 16.1. The van der Waals surface area contributed by atoms with Gasteiger partial charge in [0.2, 0.25) is 0 Å². The van der Waals surface area contributed by atoms with E-state index >= 15 is 0 Å². The maximum Gasteiger partial charge on any atom is 0.283 e. The zero-order valence-electron chi connectivity index (χ0n) is 11.5. The van der Waals surface area contributed by atoms with E-state index in [1.807, 2.05) is 6.07 Å². The largest absolute Gasteiger partial charge is 0.311 e. The highest BCUT2D eigenvalue weighted by Crippen LogP contribution is 2.27. The van der Waals surface area contributed by atoms with Gasteiger partial charge in [-0.1, -0.05) is 12.1 Å². The maximum absolute atomic E-state index is 10.8. The van der Waals surface area contributed by atoms with E-state index in [1.54, 1.807) is 6.07 Å². The third-order valence-electron chi connectivity index (χ3n) is 3.09. The lowest BCUT2D eigenvalue weighted by Gasteiger charge is -2.21. The molecule has 5 nitrogen and oxygen atoms in total. The predicted octanol–water partition coefficient (Wildman–Crippen LogP) is 2.79. The first-order chi connectivity index (χ1) is 8.93. The van der Waals surface area contributed by atoms with Crippen molar-refractivity contribution in [2.45, 2.75) is 26.4 Å². The number of rotatable bonds is 7. The zero-order valence-corrected chi connectivity index (χ0v) is 13.1. The summed E-state index contributed by atoms with van der Waals surface area (Å²) in [6, 6.07) is 5.61. The molecule has 0 fully saturated rings. The Kier molecular flexibility index (Phi) is 6.41. The van der Waals surface area contributed by atoms with Crippen molar-refractivity contribution in [2.24, 2.45) is 0 Å². The third-order valence-corrected chi connectivity index (χ3v) is 4.01. The van der Waals surface area contributed by atoms with Gasteiger partial charge in [0.05, 0.1) is 9.40 Å². The monoisotopic (exact) mass is 329 g/mol. The van der Waals surface area contributed by atoms with E-state index in [0.29, 0.717) is 17.1 Å². The van der Waals surface area contributed by atoms with Crippen LogP contribution in [0.2, 0.25) is 0 Å². The molecule has 19 heavy (non-hydrogen) atoms. The lowest BCUT2D eigenvalue weighted by molar-refractivity contribution is -0.385. The van der Waals surface area contributed by atoms with Gasteiger partial charge in [-0.3, -0.25) is 10.1 Å². The fourth-order valence-corrected chi connectivity index (χ4v) is 2.13. The number of halogens is 1. The standard InChI is InChI=1S/C13H20BrN3O2/c1-10(2)16(3)8-7-15-9-11-5-4-6-12(13(11)14)17(18)19/h4-6,10,15H,7-9H2,1-3H3. The minimum atomic E-state index is -0.375. The summed E-state index contributed by atoms with van der Waals surface area (Å²) >= 11 is 3.29. The molecule has 0 amide bonds. The van der Waals surface area contributed by atoms with Crippen molar-refractivity contribution in [3.05, 3.63) is 38.3 Å². The van der Waals surface area contributed by atoms with Gasteiger partial charge in [0.25, 0.3) is 5.69 Å². The molecule has 0 spiro atoms. The van der Waals surface area contributed by atoms with Gasteiger partial charge in [-0.15, -0.1) is 0 Å². The van der Waals surface area contributed by atoms with Crippen molar-refractivity contribution in [1.82, 2.24) is 10.2 Å². The van der Waals surface area contributed by atoms with Gasteiger partial charge in [0.1, 0.15) is 0 Å². The second-order valence-electron chi connectivity index (χ2n) is 4.76. The van der Waals surface area contributed by atoms with Crippen molar-refractivity contribution in [1.29, 1.82) is 0 Å². The first-order valence-electron chi connectivity index (χ1n) is 6.26. The number of hydrogen-bond donors (Lipinski definition) is 1. The normalized spacial score (nSPS) is 11.3. The molecule has 106 valence electrons. The first-order valence-corrected chi connectivity index (χ1v) is 7.05. The highest BCUT2D eigenvalue weighted by Gasteiger charge is 2.14. The van der Waals surface area contributed by atoms with E-state index in [1.165, 1.54) is 6.07 Å². The van der Waals surface area contributed by atoms with E-state index in [4.69, 9.17) is 0 Å². The number of likely N-dealkylation sites (N-methyl/N-ethyl adjacent to an activating group) is 1. The van der Waals surface area contributed by atoms with Crippen LogP contribution in [0.5, 0.6) is 0 Å². The lowest BCUT2D eigenvalue weighted by Crippen LogP contribution is -2.33. The zero-order chi connectivity index (χ0) is 14.4. The average Bonchev–Trinajstić information content (AvgIpc) is 2.35. The molecule has 0 saturated heterocycles. The van der Waals surface area contributed by atoms with Crippen LogP contribution in [0.1, 0.15) is 19.4 Å². The predicted molar refractivity (Wildman–Crippen MR) is 80.3 cm³/mol. The number of nitrogens with one attached hydrogen (secondary N) is 1. The number of nitro benzene ring substituents is 1. The molecule has 0 radical (unpaired) electrons. The van der Waals surface area contributed by atoms with Crippen LogP contribution in [-0.4, -0.2) is 36.0 Å². The highest BCUT2D eigenvalue weighted by atomic mass is 79.9. The Labute approximate surface area is 122 Å². The third kappa shape index (κ3) is 4.89. The summed E-state index contributed by atoms with van der Waals surface area (Å²) in [4.78, 5) is 12.7. The van der Waals surface area contributed by atoms with Crippen molar-refractivity contribution in [2.75, 3.05) is 20.1 Å². The van der Waals surface area contributed by atoms with Crippen LogP contribution in [-0.2, 0) is 6.54 Å². The number of benzene rings is 1. The second-order valence-corrected chi connectivity index (χ2v) is 5.55. The number of nitrogens with zero attached hydrogens (tertiary/aromatic N) is 2. The highest BCUT2D eigenvalue weighted by molar-refractivity contribution is 9.10. The molecule has 6 heteroatoms. The minimum Gasteiger partial charge on any atom is -0.311 e. The molecular weight excluding hydrogens is 310 g/mol. The van der Waals surface area contributed by atoms with Crippen LogP contribution in [0.25, 0.3) is 0 Å². The van der Waals surface area contributed by atoms with Crippen molar-refractivity contribution in [3.63, 3.8) is 0 Å². The Morgan fingerprint density at radius 2 is 2.16 bits per heavy atom. The Morgan fingerprint density at radius 3 is 2.74 bits per heavy atom. The summed E-state index contributed by atoms with van der Waals surface area (Å²) in [6.07, 6.45) is 0. The SMILES string of the molecule is CC(C)N(C)CCNCc1cccc([N+](=O)[O-])c1Br. The molecule has 0 aliphatic rings. The fourth-order valence-electron chi connectivity index (χ4n) is 1.58. The van der Waals surface area contributed by atoms with E-state index in [2.05, 4.69) is 47.0 Å². The molecule has 0 atom stereocenters. The molecule has 0 aliphatic heterocycles. The molecule has 1 aromatic carbocycles. The summed E-state index contributed by atoms with van der Waals surface area (Å²) in [6.45, 7) is 6.72. The number of hydrogen-bond acceptors (Lipinski definition) is 4. The van der Waals surface area contributed by atoms with Crippen molar-refractivity contribution >= 4 is 21.6 Å². The van der Waals surface area contributed by atoms with Gasteiger partial charge in [-0.05, 0) is 42.4 Å². The van der Waals surface area contributed by atoms with Gasteiger partial charge >= 0.3 is 0 Å². The molecule has 0 aromatic heterocycles. The van der Waals surface area contributed by atoms with Gasteiger partial charge in [0, 0.05) is 31.7 Å². The summed E-state index contributed by atoms with van der Waals surface area (Å²) in [5.41, 5.74) is 1.01. The molecule has 0 bridgehead atoms. The lowest BCUT2D eigenvalue weighted by atomic mass is 10.2. The quantitative estimate of drug-likeness (QED) is 0.474. The van der Waals surface area contributed by atoms with Crippen LogP contribution in [0, 0.1) is 10.1 Å². The molecule has 1 N–H and O–H groups in total. The van der Waals surface area contributed by atoms with E-state index in [0.717, 1.165) is 18.7 Å². The summed E-state index contributed by atoms with van der Waals surface area (Å²) in [5.74, 6) is 0. The Balaban J connectivity index is 2.50. The van der Waals surface area contributed by atoms with E-state index in [-0.39, 0.29) is 10.6 Å². The number of nitro groups is 1. The molecule has 0 unspecified atom stereocenters. The van der Waals surface area contributed by atoms with Crippen LogP contribution < -0.4 is 5.32 Å². The molecule has 0 saturated carbocycles. The minimum absolute atomic E-state index is 0.110. The Bertz CT molecular complexity index is 438. The van der Waals surface area contributed by atoms with E-state index in [9.17, 15) is 10.1 Å². The van der Waals surface area contributed by atoms with Gasteiger partial charge in [0.15, 0.2) is 0 Å². The fraction of sp³-hybridized carbons (Fsp3) is 0.538. The Hall–Kier alpha value is -0.980. The van der Waals surface area contributed by atoms with Crippen molar-refractivity contribution < 1.29 is 4.92 Å². The summed E-state index contributed by atoms with van der Waals surface area (Å²) in [7, 11) is 2.08. The van der Waals surface area contributed by atoms with Gasteiger partial charge < -0.3 is 10.2 Å². The smallest absolute Gasteiger partial charge is 0.283 e. The van der Waals surface area contributed by atoms with Crippen molar-refractivity contribution in [3.8, 4) is 0 Å². The Morgan fingerprint density at radius 1 is 1.47 bits per heavy atom. The van der Waals surface area contributed by atoms with Crippen LogP contribution in [0.15, 0.2) is 22.7 Å². The summed E-state index contributed by atoms with van der Waals surface area (Å²) in [5, 5.41) is 14.1. The van der Waals surface area contributed by atoms with Crippen LogP contribution in [0.4, 0.5) is 5.69 Å². The van der Waals surface area contributed by atoms with Crippen LogP contribution >= 0.6 is 15.9 Å². The van der Waals surface area contributed by atoms with E-state index < -0.39 is 0 Å². The topological polar surface area (TPSA) is 58.4 Å².